The van der Waals surface area contributed by atoms with Crippen molar-refractivity contribution in [2.75, 3.05) is 13.1 Å². The molecule has 2 aromatic rings. The van der Waals surface area contributed by atoms with Gasteiger partial charge in [-0.05, 0) is 25.1 Å². The molecule has 132 valence electrons. The Labute approximate surface area is 144 Å². The number of halogens is 1. The summed E-state index contributed by atoms with van der Waals surface area (Å²) in [6.07, 6.45) is 0.274. The highest BCUT2D eigenvalue weighted by molar-refractivity contribution is 5.93. The molecule has 1 aromatic heterocycles. The van der Waals surface area contributed by atoms with Crippen molar-refractivity contribution in [3.8, 4) is 5.75 Å². The zero-order valence-corrected chi connectivity index (χ0v) is 13.8. The number of carbonyl (C=O) groups is 2. The lowest BCUT2D eigenvalue weighted by atomic mass is 10.2. The molecule has 0 aliphatic carbocycles. The molecular weight excluding hydrogens is 327 g/mol. The number of benzene rings is 1. The number of hydrogen-bond acceptors (Lipinski definition) is 4. The van der Waals surface area contributed by atoms with Crippen molar-refractivity contribution in [2.45, 2.75) is 26.0 Å². The number of nitrogens with zero attached hydrogens (tertiary/aromatic N) is 2. The molecule has 2 amide bonds. The fourth-order valence-electron chi connectivity index (χ4n) is 2.61. The van der Waals surface area contributed by atoms with Gasteiger partial charge in [0, 0.05) is 31.6 Å². The van der Waals surface area contributed by atoms with Crippen LogP contribution >= 0.6 is 0 Å². The first kappa shape index (κ1) is 16.9. The van der Waals surface area contributed by atoms with Crippen molar-refractivity contribution in [1.82, 2.24) is 20.4 Å². The molecule has 0 unspecified atom stereocenters. The molecule has 3 rings (SSSR count). The van der Waals surface area contributed by atoms with Gasteiger partial charge in [-0.3, -0.25) is 14.7 Å². The lowest BCUT2D eigenvalue weighted by Crippen LogP contribution is -2.42. The molecule has 1 saturated heterocycles. The summed E-state index contributed by atoms with van der Waals surface area (Å²) in [6.45, 7) is 2.79. The molecule has 2 N–H and O–H groups in total. The maximum absolute atomic E-state index is 13.1. The molecule has 8 heteroatoms. The highest BCUT2D eigenvalue weighted by Gasteiger charge is 2.26. The number of ether oxygens (including phenoxy) is 1. The number of amides is 2. The van der Waals surface area contributed by atoms with E-state index >= 15 is 0 Å². The summed E-state index contributed by atoms with van der Waals surface area (Å²) in [5, 5.41) is 9.55. The van der Waals surface area contributed by atoms with Crippen LogP contribution in [0.2, 0.25) is 0 Å². The molecule has 1 fully saturated rings. The first-order valence-electron chi connectivity index (χ1n) is 8.03. The lowest BCUT2D eigenvalue weighted by molar-refractivity contribution is -0.120. The Morgan fingerprint density at radius 3 is 3.08 bits per heavy atom. The van der Waals surface area contributed by atoms with Gasteiger partial charge in [0.25, 0.3) is 5.91 Å². The molecule has 0 saturated carbocycles. The van der Waals surface area contributed by atoms with Crippen LogP contribution < -0.4 is 10.1 Å². The van der Waals surface area contributed by atoms with Crippen molar-refractivity contribution in [3.05, 3.63) is 47.5 Å². The summed E-state index contributed by atoms with van der Waals surface area (Å²) in [6, 6.07) is 7.32. The van der Waals surface area contributed by atoms with Gasteiger partial charge >= 0.3 is 0 Å². The predicted molar refractivity (Wildman–Crippen MR) is 87.4 cm³/mol. The number of hydrogen-bond donors (Lipinski definition) is 2. The average Bonchev–Trinajstić information content (AvgIpc) is 3.00. The van der Waals surface area contributed by atoms with Gasteiger partial charge in [-0.2, -0.15) is 5.10 Å². The Morgan fingerprint density at radius 2 is 2.28 bits per heavy atom. The quantitative estimate of drug-likeness (QED) is 0.878. The van der Waals surface area contributed by atoms with Crippen LogP contribution in [-0.2, 0) is 11.4 Å². The fraction of sp³-hybridized carbons (Fsp3) is 0.353. The van der Waals surface area contributed by atoms with Crippen LogP contribution in [0.5, 0.6) is 5.75 Å². The van der Waals surface area contributed by atoms with E-state index in [1.807, 2.05) is 6.92 Å². The van der Waals surface area contributed by atoms with E-state index in [0.29, 0.717) is 24.5 Å². The maximum atomic E-state index is 13.1. The van der Waals surface area contributed by atoms with Crippen LogP contribution in [0.4, 0.5) is 4.39 Å². The topological polar surface area (TPSA) is 87.3 Å². The maximum Gasteiger partial charge on any atom is 0.274 e. The first-order chi connectivity index (χ1) is 12.0. The van der Waals surface area contributed by atoms with Gasteiger partial charge in [-0.25, -0.2) is 4.39 Å². The number of aromatic amines is 1. The molecule has 25 heavy (non-hydrogen) atoms. The Kier molecular flexibility index (Phi) is 4.97. The molecule has 0 radical (unpaired) electrons. The minimum absolute atomic E-state index is 0.0617. The van der Waals surface area contributed by atoms with Crippen LogP contribution in [0.3, 0.4) is 0 Å². The van der Waals surface area contributed by atoms with Gasteiger partial charge in [-0.1, -0.05) is 6.07 Å². The van der Waals surface area contributed by atoms with E-state index in [4.69, 9.17) is 4.74 Å². The number of carbonyl (C=O) groups excluding carboxylic acids is 2. The van der Waals surface area contributed by atoms with E-state index in [1.165, 1.54) is 12.1 Å². The fourth-order valence-corrected chi connectivity index (χ4v) is 2.61. The predicted octanol–water partition coefficient (Wildman–Crippen LogP) is 1.48. The number of nitrogens with one attached hydrogen (secondary N) is 2. The third kappa shape index (κ3) is 4.14. The van der Waals surface area contributed by atoms with E-state index in [-0.39, 0.29) is 42.4 Å². The van der Waals surface area contributed by atoms with Crippen molar-refractivity contribution < 1.29 is 18.7 Å². The second-order valence-corrected chi connectivity index (χ2v) is 5.93. The molecule has 1 aliphatic heterocycles. The Balaban J connectivity index is 1.64. The molecule has 1 atom stereocenters. The Bertz CT molecular complexity index is 777. The van der Waals surface area contributed by atoms with E-state index in [1.54, 1.807) is 23.1 Å². The van der Waals surface area contributed by atoms with E-state index < -0.39 is 0 Å². The van der Waals surface area contributed by atoms with E-state index in [9.17, 15) is 14.0 Å². The molecule has 0 bridgehead atoms. The minimum Gasteiger partial charge on any atom is -0.487 e. The lowest BCUT2D eigenvalue weighted by Gasteiger charge is -2.25. The minimum atomic E-state index is -0.378. The Morgan fingerprint density at radius 1 is 1.44 bits per heavy atom. The highest BCUT2D eigenvalue weighted by atomic mass is 19.1. The van der Waals surface area contributed by atoms with Crippen molar-refractivity contribution in [3.63, 3.8) is 0 Å². The molecule has 1 aromatic carbocycles. The van der Waals surface area contributed by atoms with Gasteiger partial charge in [0.2, 0.25) is 5.91 Å². The second-order valence-electron chi connectivity index (χ2n) is 5.93. The van der Waals surface area contributed by atoms with Crippen molar-refractivity contribution in [1.29, 1.82) is 0 Å². The van der Waals surface area contributed by atoms with Crippen LogP contribution in [0.25, 0.3) is 0 Å². The van der Waals surface area contributed by atoms with Gasteiger partial charge < -0.3 is 15.0 Å². The van der Waals surface area contributed by atoms with E-state index in [0.717, 1.165) is 0 Å². The molecule has 7 nitrogen and oxygen atoms in total. The van der Waals surface area contributed by atoms with Crippen LogP contribution in [0, 0.1) is 5.82 Å². The van der Waals surface area contributed by atoms with Crippen LogP contribution in [-0.4, -0.2) is 46.0 Å². The van der Waals surface area contributed by atoms with Gasteiger partial charge in [0.1, 0.15) is 18.2 Å². The van der Waals surface area contributed by atoms with Crippen LogP contribution in [0.1, 0.15) is 29.5 Å². The zero-order valence-electron chi connectivity index (χ0n) is 13.8. The largest absolute Gasteiger partial charge is 0.487 e. The first-order valence-corrected chi connectivity index (χ1v) is 8.03. The number of rotatable bonds is 4. The number of aromatic nitrogens is 2. The van der Waals surface area contributed by atoms with Gasteiger partial charge in [-0.15, -0.1) is 0 Å². The Hall–Kier alpha value is -2.90. The van der Waals surface area contributed by atoms with Gasteiger partial charge in [0.05, 0.1) is 5.69 Å². The van der Waals surface area contributed by atoms with Crippen LogP contribution in [0.15, 0.2) is 30.3 Å². The summed E-state index contributed by atoms with van der Waals surface area (Å²) >= 11 is 0. The summed E-state index contributed by atoms with van der Waals surface area (Å²) in [4.78, 5) is 25.7. The third-order valence-electron chi connectivity index (χ3n) is 4.01. The molecule has 2 heterocycles. The number of H-pyrrole nitrogens is 1. The highest BCUT2D eigenvalue weighted by Crippen LogP contribution is 2.15. The van der Waals surface area contributed by atoms with E-state index in [2.05, 4.69) is 15.5 Å². The summed E-state index contributed by atoms with van der Waals surface area (Å²) in [5.74, 6) is -0.282. The SMILES string of the molecule is C[C@@H]1CNC(=O)CCN1C(=O)c1cc(COc2cccc(F)c2)[nH]n1. The normalized spacial score (nSPS) is 17.8. The summed E-state index contributed by atoms with van der Waals surface area (Å²) in [7, 11) is 0. The molecule has 0 spiro atoms. The van der Waals surface area contributed by atoms with Gasteiger partial charge in [0.15, 0.2) is 5.69 Å². The zero-order chi connectivity index (χ0) is 17.8. The van der Waals surface area contributed by atoms with Crippen molar-refractivity contribution in [2.24, 2.45) is 0 Å². The average molecular weight is 346 g/mol. The molecule has 1 aliphatic rings. The summed E-state index contributed by atoms with van der Waals surface area (Å²) in [5.41, 5.74) is 0.864. The second kappa shape index (κ2) is 7.33. The monoisotopic (exact) mass is 346 g/mol. The smallest absolute Gasteiger partial charge is 0.274 e. The van der Waals surface area contributed by atoms with Crippen molar-refractivity contribution >= 4 is 11.8 Å². The summed E-state index contributed by atoms with van der Waals surface area (Å²) < 4.78 is 18.6. The third-order valence-corrected chi connectivity index (χ3v) is 4.01. The molecular formula is C17H19FN4O3. The standard InChI is InChI=1S/C17H19FN4O3/c1-11-9-19-16(23)5-6-22(11)17(24)15-8-13(20-21-15)10-25-14-4-2-3-12(18)7-14/h2-4,7-8,11H,5-6,9-10H2,1H3,(H,19,23)(H,20,21)/t11-/m1/s1.